The number of fused-ring (bicyclic) bond motifs is 3. The highest BCUT2D eigenvalue weighted by molar-refractivity contribution is 7.23. The summed E-state index contributed by atoms with van der Waals surface area (Å²) in [6.45, 7) is 2.31. The molecule has 3 aliphatic heterocycles. The van der Waals surface area contributed by atoms with Crippen LogP contribution in [0.15, 0.2) is 18.2 Å². The van der Waals surface area contributed by atoms with Gasteiger partial charge in [0.05, 0.1) is 33.9 Å². The van der Waals surface area contributed by atoms with Gasteiger partial charge in [-0.2, -0.15) is 33.7 Å². The SMILES string of the molecule is CC(=O)N1C[C@@H](N(C)c2nc(OC[C@@]34CCCN3C[C@H](F)C4)nc3c(F)c(-c4ccc(F)c5sc(N)c(C#N)c45)c(C(F)(F)F)cc23)C[C@H]1CC#N. The van der Waals surface area contributed by atoms with E-state index >= 15 is 17.6 Å². The molecule has 272 valence electrons. The number of hydrogen-bond acceptors (Lipinski definition) is 10. The maximum Gasteiger partial charge on any atom is 0.417 e. The number of hydrogen-bond donors (Lipinski definition) is 1. The Hall–Kier alpha value is -4.87. The number of carbonyl (C=O) groups excluding carboxylic acids is 1. The lowest BCUT2D eigenvalue weighted by Gasteiger charge is -2.31. The number of halogens is 6. The van der Waals surface area contributed by atoms with Gasteiger partial charge in [0, 0.05) is 61.9 Å². The molecule has 3 fully saturated rings. The summed E-state index contributed by atoms with van der Waals surface area (Å²) >= 11 is 0.661. The molecule has 0 spiro atoms. The second-order valence-electron chi connectivity index (χ2n) is 13.6. The van der Waals surface area contributed by atoms with Crippen molar-refractivity contribution in [3.05, 3.63) is 41.0 Å². The first-order valence-corrected chi connectivity index (χ1v) is 17.4. The zero-order valence-electron chi connectivity index (χ0n) is 28.0. The van der Waals surface area contributed by atoms with Crippen molar-refractivity contribution in [2.24, 2.45) is 0 Å². The normalized spacial score (nSPS) is 23.3. The van der Waals surface area contributed by atoms with Gasteiger partial charge in [0.25, 0.3) is 0 Å². The number of anilines is 2. The first-order valence-electron chi connectivity index (χ1n) is 16.6. The summed E-state index contributed by atoms with van der Waals surface area (Å²) in [6.07, 6.45) is -4.28. The lowest BCUT2D eigenvalue weighted by atomic mass is 9.92. The van der Waals surface area contributed by atoms with E-state index in [4.69, 9.17) is 10.5 Å². The Labute approximate surface area is 298 Å². The summed E-state index contributed by atoms with van der Waals surface area (Å²) in [5, 5.41) is 18.5. The van der Waals surface area contributed by atoms with Crippen molar-refractivity contribution in [2.75, 3.05) is 43.9 Å². The lowest BCUT2D eigenvalue weighted by Crippen LogP contribution is -2.43. The van der Waals surface area contributed by atoms with E-state index in [0.29, 0.717) is 30.4 Å². The average Bonchev–Trinajstić information content (AvgIpc) is 3.84. The van der Waals surface area contributed by atoms with Crippen LogP contribution in [0.5, 0.6) is 6.01 Å². The fourth-order valence-electron chi connectivity index (χ4n) is 8.20. The van der Waals surface area contributed by atoms with Crippen LogP contribution in [-0.4, -0.2) is 82.8 Å². The molecule has 3 aliphatic rings. The van der Waals surface area contributed by atoms with Crippen LogP contribution < -0.4 is 15.4 Å². The van der Waals surface area contributed by atoms with E-state index in [9.17, 15) is 24.1 Å². The molecule has 2 aromatic carbocycles. The molecule has 4 aromatic rings. The van der Waals surface area contributed by atoms with Crippen molar-refractivity contribution in [3.63, 3.8) is 0 Å². The number of nitrogens with zero attached hydrogens (tertiary/aromatic N) is 7. The van der Waals surface area contributed by atoms with Crippen molar-refractivity contribution in [3.8, 4) is 29.3 Å². The Morgan fingerprint density at radius 2 is 2.00 bits per heavy atom. The van der Waals surface area contributed by atoms with Gasteiger partial charge < -0.3 is 20.3 Å². The number of carbonyl (C=O) groups is 1. The molecule has 0 bridgehead atoms. The minimum absolute atomic E-state index is 0.0249. The highest BCUT2D eigenvalue weighted by atomic mass is 32.1. The Kier molecular flexibility index (Phi) is 8.86. The number of rotatable bonds is 7. The van der Waals surface area contributed by atoms with Gasteiger partial charge in [-0.25, -0.2) is 13.2 Å². The number of likely N-dealkylation sites (tertiary alicyclic amines) is 1. The fourth-order valence-corrected chi connectivity index (χ4v) is 9.15. The third kappa shape index (κ3) is 5.80. The van der Waals surface area contributed by atoms with Gasteiger partial charge in [-0.15, -0.1) is 11.3 Å². The molecule has 5 heterocycles. The molecule has 2 N–H and O–H groups in total. The van der Waals surface area contributed by atoms with Gasteiger partial charge in [-0.1, -0.05) is 6.07 Å². The smallest absolute Gasteiger partial charge is 0.417 e. The maximum atomic E-state index is 17.1. The van der Waals surface area contributed by atoms with Crippen LogP contribution >= 0.6 is 11.3 Å². The molecule has 1 amide bonds. The predicted molar refractivity (Wildman–Crippen MR) is 181 cm³/mol. The van der Waals surface area contributed by atoms with E-state index in [-0.39, 0.29) is 82.7 Å². The van der Waals surface area contributed by atoms with Gasteiger partial charge >= 0.3 is 12.2 Å². The number of likely N-dealkylation sites (N-methyl/N-ethyl adjacent to an activating group) is 1. The lowest BCUT2D eigenvalue weighted by molar-refractivity contribution is -0.137. The Morgan fingerprint density at radius 1 is 1.23 bits per heavy atom. The van der Waals surface area contributed by atoms with Crippen LogP contribution in [0.2, 0.25) is 0 Å². The molecule has 4 atom stereocenters. The quantitative estimate of drug-likeness (QED) is 0.209. The second kappa shape index (κ2) is 13.0. The first-order chi connectivity index (χ1) is 24.7. The van der Waals surface area contributed by atoms with Crippen LogP contribution in [0.4, 0.5) is 37.2 Å². The largest absolute Gasteiger partial charge is 0.461 e. The third-order valence-electron chi connectivity index (χ3n) is 10.6. The molecule has 3 saturated heterocycles. The van der Waals surface area contributed by atoms with E-state index in [1.165, 1.54) is 16.7 Å². The zero-order chi connectivity index (χ0) is 37.3. The van der Waals surface area contributed by atoms with E-state index < -0.39 is 63.8 Å². The molecule has 10 nitrogen and oxygen atoms in total. The number of thiophene rings is 1. The molecular formula is C35H32F6N8O2S. The molecule has 52 heavy (non-hydrogen) atoms. The van der Waals surface area contributed by atoms with Crippen LogP contribution in [0, 0.1) is 34.3 Å². The molecule has 17 heteroatoms. The first kappa shape index (κ1) is 35.5. The number of nitrogens with two attached hydrogens (primary N) is 1. The topological polar surface area (TPSA) is 135 Å². The molecular weight excluding hydrogens is 710 g/mol. The summed E-state index contributed by atoms with van der Waals surface area (Å²) in [4.78, 5) is 26.3. The second-order valence-corrected chi connectivity index (χ2v) is 14.7. The highest BCUT2D eigenvalue weighted by Crippen LogP contribution is 2.48. The number of amides is 1. The predicted octanol–water partition coefficient (Wildman–Crippen LogP) is 6.56. The number of nitrogen functional groups attached to an aromatic ring is 1. The van der Waals surface area contributed by atoms with Crippen LogP contribution in [0.3, 0.4) is 0 Å². The number of benzene rings is 2. The monoisotopic (exact) mass is 742 g/mol. The average molecular weight is 743 g/mol. The van der Waals surface area contributed by atoms with Gasteiger partial charge in [0.15, 0.2) is 5.82 Å². The molecule has 0 unspecified atom stereocenters. The van der Waals surface area contributed by atoms with Crippen molar-refractivity contribution in [1.82, 2.24) is 19.8 Å². The van der Waals surface area contributed by atoms with Crippen molar-refractivity contribution in [2.45, 2.75) is 69.0 Å². The third-order valence-corrected chi connectivity index (χ3v) is 11.7. The van der Waals surface area contributed by atoms with Gasteiger partial charge in [0.2, 0.25) is 5.91 Å². The zero-order valence-corrected chi connectivity index (χ0v) is 28.8. The van der Waals surface area contributed by atoms with Crippen molar-refractivity contribution < 1.29 is 35.9 Å². The molecule has 0 aliphatic carbocycles. The Balaban J connectivity index is 1.44. The minimum atomic E-state index is -5.16. The summed E-state index contributed by atoms with van der Waals surface area (Å²) in [6, 6.07) is 5.07. The molecule has 7 rings (SSSR count). The van der Waals surface area contributed by atoms with Gasteiger partial charge in [-0.05, 0) is 43.5 Å². The standard InChI is InChI=1S/C35H32F6N8O2S/c1-17(50)49-15-20(10-19(49)6-8-42)47(2)32-22-11-24(35(39,40)41)27(21-4-5-25(37)30-26(21)23(13-43)31(44)52-30)28(38)29(22)45-33(46-32)51-16-34-7-3-9-48(34)14-18(36)12-34/h4-5,11,18-20H,3,6-7,9-10,12,14-16,44H2,1-2H3/t18-,19-,20+,34+/m1/s1. The minimum Gasteiger partial charge on any atom is -0.461 e. The van der Waals surface area contributed by atoms with E-state index in [0.717, 1.165) is 18.6 Å². The highest BCUT2D eigenvalue weighted by Gasteiger charge is 2.49. The number of aromatic nitrogens is 2. The van der Waals surface area contributed by atoms with Gasteiger partial charge in [0.1, 0.15) is 41.0 Å². The van der Waals surface area contributed by atoms with Crippen LogP contribution in [0.1, 0.15) is 50.2 Å². The Morgan fingerprint density at radius 3 is 2.69 bits per heavy atom. The fraction of sp³-hybridized carbons (Fsp3) is 0.457. The van der Waals surface area contributed by atoms with E-state index in [1.54, 1.807) is 7.05 Å². The molecule has 0 radical (unpaired) electrons. The van der Waals surface area contributed by atoms with Gasteiger partial charge in [-0.3, -0.25) is 9.69 Å². The summed E-state index contributed by atoms with van der Waals surface area (Å²) in [5.74, 6) is -2.68. The maximum absolute atomic E-state index is 17.1. The van der Waals surface area contributed by atoms with Crippen LogP contribution in [-0.2, 0) is 11.0 Å². The Bertz CT molecular complexity index is 2200. The van der Waals surface area contributed by atoms with Crippen molar-refractivity contribution >= 4 is 49.1 Å². The number of ether oxygens (including phenoxy) is 1. The summed E-state index contributed by atoms with van der Waals surface area (Å²) < 4.78 is 97.6. The number of alkyl halides is 4. The summed E-state index contributed by atoms with van der Waals surface area (Å²) in [5.41, 5.74) is 1.67. The van der Waals surface area contributed by atoms with E-state index in [2.05, 4.69) is 16.0 Å². The molecule has 2 aromatic heterocycles. The van der Waals surface area contributed by atoms with Crippen molar-refractivity contribution in [1.29, 1.82) is 10.5 Å². The van der Waals surface area contributed by atoms with Crippen LogP contribution in [0.25, 0.3) is 32.1 Å². The summed E-state index contributed by atoms with van der Waals surface area (Å²) in [7, 11) is 1.54. The van der Waals surface area contributed by atoms with E-state index in [1.807, 2.05) is 11.0 Å². The molecule has 0 saturated carbocycles. The number of nitriles is 2.